The summed E-state index contributed by atoms with van der Waals surface area (Å²) in [5.74, 6) is 0.228. The van der Waals surface area contributed by atoms with Crippen molar-refractivity contribution in [2.45, 2.75) is 6.54 Å². The summed E-state index contributed by atoms with van der Waals surface area (Å²) in [5.41, 5.74) is 6.60. The molecule has 2 atom stereocenters. The van der Waals surface area contributed by atoms with Crippen molar-refractivity contribution < 1.29 is 41.7 Å². The molecule has 0 spiro atoms. The van der Waals surface area contributed by atoms with Gasteiger partial charge < -0.3 is 34.2 Å². The lowest BCUT2D eigenvalue weighted by Gasteiger charge is -2.22. The minimum atomic E-state index is -5.27. The molecule has 0 bridgehead atoms. The summed E-state index contributed by atoms with van der Waals surface area (Å²) < 4.78 is 42.4. The fourth-order valence-corrected chi connectivity index (χ4v) is 6.43. The molecule has 0 aliphatic carbocycles. The molecule has 0 aromatic carbocycles. The predicted molar refractivity (Wildman–Crippen MR) is 95.9 cm³/mol. The zero-order valence-electron chi connectivity index (χ0n) is 13.7. The third kappa shape index (κ3) is 6.63. The van der Waals surface area contributed by atoms with Gasteiger partial charge in [-0.05, 0) is 11.8 Å². The Labute approximate surface area is 157 Å². The lowest BCUT2D eigenvalue weighted by atomic mass is 10.5. The van der Waals surface area contributed by atoms with Crippen LogP contribution in [0.2, 0.25) is 0 Å². The van der Waals surface area contributed by atoms with Crippen LogP contribution in [0.1, 0.15) is 0 Å². The maximum Gasteiger partial charge on any atom is 0.486 e. The van der Waals surface area contributed by atoms with Crippen molar-refractivity contribution in [3.05, 3.63) is 12.7 Å². The van der Waals surface area contributed by atoms with Crippen LogP contribution in [0, 0.1) is 0 Å². The first-order valence-electron chi connectivity index (χ1n) is 6.89. The second-order valence-electron chi connectivity index (χ2n) is 4.82. The van der Waals surface area contributed by atoms with Gasteiger partial charge in [0.05, 0.1) is 12.9 Å². The summed E-state index contributed by atoms with van der Waals surface area (Å²) >= 11 is 4.97. The average Bonchev–Trinajstić information content (AvgIpc) is 2.93. The van der Waals surface area contributed by atoms with Crippen LogP contribution in [0.5, 0.6) is 0 Å². The Morgan fingerprint density at radius 3 is 2.56 bits per heavy atom. The topological polar surface area (TPSA) is 201 Å². The van der Waals surface area contributed by atoms with Gasteiger partial charge in [0.15, 0.2) is 11.5 Å². The van der Waals surface area contributed by atoms with E-state index in [-0.39, 0.29) is 19.0 Å². The van der Waals surface area contributed by atoms with Crippen LogP contribution in [0.4, 0.5) is 5.82 Å². The van der Waals surface area contributed by atoms with E-state index in [0.717, 1.165) is 7.11 Å². The first-order valence-corrected chi connectivity index (χ1v) is 12.7. The third-order valence-corrected chi connectivity index (χ3v) is 8.79. The van der Waals surface area contributed by atoms with E-state index in [0.29, 0.717) is 11.2 Å². The van der Waals surface area contributed by atoms with Gasteiger partial charge in [-0.25, -0.2) is 28.4 Å². The molecule has 0 fully saturated rings. The van der Waals surface area contributed by atoms with E-state index in [1.165, 1.54) is 12.7 Å². The molecule has 2 unspecified atom stereocenters. The maximum absolute atomic E-state index is 11.6. The largest absolute Gasteiger partial charge is 0.486 e. The highest BCUT2D eigenvalue weighted by Crippen LogP contribution is 2.67. The number of aromatic nitrogens is 4. The lowest BCUT2D eigenvalue weighted by Crippen LogP contribution is -2.08. The average molecular weight is 463 g/mol. The van der Waals surface area contributed by atoms with Crippen molar-refractivity contribution in [1.82, 2.24) is 19.5 Å². The molecule has 0 aliphatic rings. The number of fused-ring (bicyclic) bond motifs is 1. The van der Waals surface area contributed by atoms with Gasteiger partial charge in [0.2, 0.25) is 6.49 Å². The molecular formula is C9H16N5O9P3S. The number of rotatable bonds is 10. The summed E-state index contributed by atoms with van der Waals surface area (Å²) in [7, 11) is -9.33. The van der Waals surface area contributed by atoms with Crippen molar-refractivity contribution in [3.63, 3.8) is 0 Å². The van der Waals surface area contributed by atoms with Gasteiger partial charge in [-0.15, -0.1) is 0 Å². The highest BCUT2D eigenvalue weighted by molar-refractivity contribution is 8.11. The number of hydrogen-bond acceptors (Lipinski definition) is 11. The Bertz CT molecular complexity index is 948. The Hall–Kier alpha value is -0.820. The second-order valence-corrected chi connectivity index (χ2v) is 11.6. The van der Waals surface area contributed by atoms with Crippen LogP contribution in [-0.2, 0) is 45.4 Å². The van der Waals surface area contributed by atoms with Gasteiger partial charge in [0, 0.05) is 13.7 Å². The normalized spacial score (nSPS) is 16.9. The summed E-state index contributed by atoms with van der Waals surface area (Å²) in [6.07, 6.45) is 2.35. The Balaban J connectivity index is 1.93. The van der Waals surface area contributed by atoms with Crippen LogP contribution < -0.4 is 5.73 Å². The maximum atomic E-state index is 11.6. The molecule has 0 saturated heterocycles. The minimum absolute atomic E-state index is 0.0650. The van der Waals surface area contributed by atoms with Crippen molar-refractivity contribution >= 4 is 50.9 Å². The Morgan fingerprint density at radius 2 is 1.93 bits per heavy atom. The summed E-state index contributed by atoms with van der Waals surface area (Å²) in [4.78, 5) is 38.5. The highest BCUT2D eigenvalue weighted by Gasteiger charge is 2.38. The number of ether oxygens (including phenoxy) is 1. The number of nitrogens with zero attached hydrogens (tertiary/aromatic N) is 4. The zero-order chi connectivity index (χ0) is 20.3. The number of nitrogens with two attached hydrogens (primary N) is 1. The van der Waals surface area contributed by atoms with Crippen molar-refractivity contribution in [2.75, 3.05) is 25.8 Å². The summed E-state index contributed by atoms with van der Waals surface area (Å²) in [5, 5.41) is 0. The molecule has 0 radical (unpaired) electrons. The van der Waals surface area contributed by atoms with E-state index in [4.69, 9.17) is 36.6 Å². The van der Waals surface area contributed by atoms with Gasteiger partial charge in [0.25, 0.3) is 0 Å². The van der Waals surface area contributed by atoms with Gasteiger partial charge >= 0.3 is 15.6 Å². The molecule has 2 heterocycles. The monoisotopic (exact) mass is 463 g/mol. The Morgan fingerprint density at radius 1 is 1.22 bits per heavy atom. The van der Waals surface area contributed by atoms with Gasteiger partial charge in [-0.2, -0.15) is 4.31 Å². The molecule has 0 saturated carbocycles. The number of nitrogen functional groups attached to an aromatic ring is 1. The van der Waals surface area contributed by atoms with Crippen LogP contribution >= 0.6 is 22.1 Å². The molecule has 2 rings (SSSR count). The quantitative estimate of drug-likeness (QED) is 0.281. The Kier molecular flexibility index (Phi) is 7.22. The van der Waals surface area contributed by atoms with Crippen molar-refractivity contribution in [3.8, 4) is 0 Å². The van der Waals surface area contributed by atoms with Crippen LogP contribution in [0.25, 0.3) is 11.2 Å². The molecule has 14 nitrogen and oxygen atoms in total. The molecule has 5 N–H and O–H groups in total. The number of hydrogen-bond donors (Lipinski definition) is 4. The van der Waals surface area contributed by atoms with E-state index < -0.39 is 28.5 Å². The van der Waals surface area contributed by atoms with Crippen molar-refractivity contribution in [2.24, 2.45) is 0 Å². The molecule has 27 heavy (non-hydrogen) atoms. The van der Waals surface area contributed by atoms with Gasteiger partial charge in [-0.1, -0.05) is 0 Å². The SMILES string of the molecule is COP(=S)(COCCn1cnc2c(N)ncnc21)OP(=O)(O)OP(=O)(O)O. The zero-order valence-corrected chi connectivity index (χ0v) is 17.2. The van der Waals surface area contributed by atoms with E-state index in [2.05, 4.69) is 23.6 Å². The molecule has 2 aromatic rings. The molecule has 0 aliphatic heterocycles. The standard InChI is InChI=1S/C9H16N5O9P3S/c1-20-24(27,22-26(18,19)23-25(15,16)17)6-21-3-2-14-5-13-7-8(10)11-4-12-9(7)14/h4-5H,2-3,6H2,1H3,(H,18,19)(H2,10,11,12)(H2,15,16,17). The summed E-state index contributed by atoms with van der Waals surface area (Å²) in [6, 6.07) is 0. The van der Waals surface area contributed by atoms with Gasteiger partial charge in [0.1, 0.15) is 18.2 Å². The van der Waals surface area contributed by atoms with Crippen LogP contribution in [0.15, 0.2) is 12.7 Å². The first kappa shape index (κ1) is 22.5. The smallest absolute Gasteiger partial charge is 0.382 e. The summed E-state index contributed by atoms with van der Waals surface area (Å²) in [6.45, 7) is -3.17. The predicted octanol–water partition coefficient (Wildman–Crippen LogP) is 0.565. The fourth-order valence-electron chi connectivity index (χ4n) is 1.82. The lowest BCUT2D eigenvalue weighted by molar-refractivity contribution is 0.152. The van der Waals surface area contributed by atoms with Crippen molar-refractivity contribution in [1.29, 1.82) is 0 Å². The third-order valence-electron chi connectivity index (χ3n) is 2.87. The van der Waals surface area contributed by atoms with E-state index in [9.17, 15) is 14.0 Å². The molecule has 18 heteroatoms. The number of anilines is 1. The minimum Gasteiger partial charge on any atom is -0.382 e. The second kappa shape index (κ2) is 8.68. The molecular weight excluding hydrogens is 447 g/mol. The van der Waals surface area contributed by atoms with E-state index in [1.807, 2.05) is 0 Å². The first-order chi connectivity index (χ1) is 12.4. The number of phosphoric acid groups is 2. The van der Waals surface area contributed by atoms with Gasteiger partial charge in [-0.3, -0.25) is 0 Å². The molecule has 0 amide bonds. The molecule has 2 aromatic heterocycles. The fraction of sp³-hybridized carbons (Fsp3) is 0.444. The van der Waals surface area contributed by atoms with Crippen LogP contribution in [0.3, 0.4) is 0 Å². The van der Waals surface area contributed by atoms with E-state index in [1.54, 1.807) is 4.57 Å². The van der Waals surface area contributed by atoms with E-state index >= 15 is 0 Å². The molecule has 152 valence electrons. The van der Waals surface area contributed by atoms with Crippen LogP contribution in [-0.4, -0.2) is 54.3 Å². The highest BCUT2D eigenvalue weighted by atomic mass is 32.5. The number of imidazole rings is 1.